The summed E-state index contributed by atoms with van der Waals surface area (Å²) in [5.74, 6) is 0. The molecule has 0 N–H and O–H groups in total. The zero-order valence-electron chi connectivity index (χ0n) is 5.89. The van der Waals surface area contributed by atoms with Gasteiger partial charge in [0, 0.05) is 7.11 Å². The Hall–Kier alpha value is -0.760. The van der Waals surface area contributed by atoms with Crippen LogP contribution < -0.4 is 0 Å². The fourth-order valence-electron chi connectivity index (χ4n) is 0.398. The fourth-order valence-corrected chi connectivity index (χ4v) is 0.398. The Labute approximate surface area is 55.8 Å². The van der Waals surface area contributed by atoms with Crippen LogP contribution in [0.15, 0.2) is 24.5 Å². The molecule has 0 fully saturated rings. The van der Waals surface area contributed by atoms with Gasteiger partial charge in [0.05, 0.1) is 20.0 Å². The van der Waals surface area contributed by atoms with E-state index in [1.807, 2.05) is 0 Å². The minimum atomic E-state index is 0.555. The molecule has 0 spiro atoms. The second-order valence-electron chi connectivity index (χ2n) is 1.63. The van der Waals surface area contributed by atoms with E-state index in [9.17, 15) is 0 Å². The first-order chi connectivity index (χ1) is 4.31. The normalized spacial score (nSPS) is 10.0. The third-order valence-electron chi connectivity index (χ3n) is 0.770. The highest BCUT2D eigenvalue weighted by Gasteiger charge is 1.82. The van der Waals surface area contributed by atoms with Crippen molar-refractivity contribution in [2.24, 2.45) is 0 Å². The van der Waals surface area contributed by atoms with E-state index in [2.05, 4.69) is 11.3 Å². The molecular formula is C7H12O2. The summed E-state index contributed by atoms with van der Waals surface area (Å²) in [5, 5.41) is 0. The molecule has 0 radical (unpaired) electrons. The summed E-state index contributed by atoms with van der Waals surface area (Å²) in [7, 11) is 3.22. The molecule has 0 unspecified atom stereocenters. The zero-order valence-corrected chi connectivity index (χ0v) is 5.89. The van der Waals surface area contributed by atoms with Gasteiger partial charge in [-0.25, -0.2) is 0 Å². The molecule has 0 amide bonds. The van der Waals surface area contributed by atoms with Gasteiger partial charge < -0.3 is 9.47 Å². The van der Waals surface area contributed by atoms with Crippen LogP contribution >= 0.6 is 0 Å². The van der Waals surface area contributed by atoms with Crippen LogP contribution in [0.25, 0.3) is 0 Å². The molecule has 0 aromatic heterocycles. The zero-order chi connectivity index (χ0) is 7.11. The van der Waals surface area contributed by atoms with Gasteiger partial charge in [-0.1, -0.05) is 6.58 Å². The molecular weight excluding hydrogens is 116 g/mol. The summed E-state index contributed by atoms with van der Waals surface area (Å²) >= 11 is 0. The Bertz CT molecular complexity index is 105. The summed E-state index contributed by atoms with van der Waals surface area (Å²) in [6, 6.07) is 0. The summed E-state index contributed by atoms with van der Waals surface area (Å²) < 4.78 is 9.46. The van der Waals surface area contributed by atoms with Gasteiger partial charge in [0.25, 0.3) is 0 Å². The van der Waals surface area contributed by atoms with Crippen LogP contribution in [0.2, 0.25) is 0 Å². The van der Waals surface area contributed by atoms with Crippen molar-refractivity contribution in [1.29, 1.82) is 0 Å². The van der Waals surface area contributed by atoms with Crippen molar-refractivity contribution in [2.45, 2.75) is 0 Å². The van der Waals surface area contributed by atoms with Crippen LogP contribution in [0.1, 0.15) is 0 Å². The molecule has 2 nitrogen and oxygen atoms in total. The topological polar surface area (TPSA) is 18.5 Å². The van der Waals surface area contributed by atoms with Crippen molar-refractivity contribution in [1.82, 2.24) is 0 Å². The van der Waals surface area contributed by atoms with Crippen LogP contribution in [0.5, 0.6) is 0 Å². The van der Waals surface area contributed by atoms with Crippen LogP contribution in [0, 0.1) is 0 Å². The molecule has 0 aromatic rings. The molecule has 0 bridgehead atoms. The number of hydrogen-bond donors (Lipinski definition) is 0. The lowest BCUT2D eigenvalue weighted by atomic mass is 10.3. The second kappa shape index (κ2) is 5.38. The van der Waals surface area contributed by atoms with E-state index in [1.54, 1.807) is 26.6 Å². The lowest BCUT2D eigenvalue weighted by Gasteiger charge is -1.94. The SMILES string of the molecule is C=C(/C=C/OC)COC. The first-order valence-electron chi connectivity index (χ1n) is 2.67. The minimum Gasteiger partial charge on any atom is -0.504 e. The van der Waals surface area contributed by atoms with Crippen LogP contribution in [0.3, 0.4) is 0 Å². The molecule has 0 atom stereocenters. The van der Waals surface area contributed by atoms with Gasteiger partial charge in [-0.05, 0) is 11.6 Å². The van der Waals surface area contributed by atoms with E-state index in [-0.39, 0.29) is 0 Å². The minimum absolute atomic E-state index is 0.555. The third kappa shape index (κ3) is 5.11. The summed E-state index contributed by atoms with van der Waals surface area (Å²) in [6.45, 7) is 4.25. The van der Waals surface area contributed by atoms with Gasteiger partial charge in [-0.2, -0.15) is 0 Å². The molecule has 0 heterocycles. The summed E-state index contributed by atoms with van der Waals surface area (Å²) in [6.07, 6.45) is 3.34. The largest absolute Gasteiger partial charge is 0.504 e. The Morgan fingerprint density at radius 2 is 2.22 bits per heavy atom. The van der Waals surface area contributed by atoms with E-state index >= 15 is 0 Å². The predicted octanol–water partition coefficient (Wildman–Crippen LogP) is 1.35. The number of methoxy groups -OCH3 is 2. The van der Waals surface area contributed by atoms with Gasteiger partial charge in [0.1, 0.15) is 0 Å². The highest BCUT2D eigenvalue weighted by atomic mass is 16.5. The van der Waals surface area contributed by atoms with E-state index in [1.165, 1.54) is 0 Å². The third-order valence-corrected chi connectivity index (χ3v) is 0.770. The molecule has 0 aliphatic heterocycles. The molecule has 0 aromatic carbocycles. The maximum Gasteiger partial charge on any atom is 0.0828 e. The number of ether oxygens (including phenoxy) is 2. The fraction of sp³-hybridized carbons (Fsp3) is 0.429. The highest BCUT2D eigenvalue weighted by Crippen LogP contribution is 1.91. The Balaban J connectivity index is 3.37. The van der Waals surface area contributed by atoms with Crippen molar-refractivity contribution in [2.75, 3.05) is 20.8 Å². The average molecular weight is 128 g/mol. The van der Waals surface area contributed by atoms with E-state index in [4.69, 9.17) is 4.74 Å². The van der Waals surface area contributed by atoms with Crippen molar-refractivity contribution in [3.8, 4) is 0 Å². The second-order valence-corrected chi connectivity index (χ2v) is 1.63. The molecule has 0 saturated heterocycles. The summed E-state index contributed by atoms with van der Waals surface area (Å²) in [4.78, 5) is 0. The van der Waals surface area contributed by atoms with Crippen molar-refractivity contribution < 1.29 is 9.47 Å². The first kappa shape index (κ1) is 8.24. The van der Waals surface area contributed by atoms with E-state index in [0.717, 1.165) is 5.57 Å². The quantitative estimate of drug-likeness (QED) is 0.420. The molecule has 0 aliphatic carbocycles. The van der Waals surface area contributed by atoms with Gasteiger partial charge in [0.2, 0.25) is 0 Å². The monoisotopic (exact) mass is 128 g/mol. The maximum absolute atomic E-state index is 4.79. The Morgan fingerprint density at radius 3 is 2.67 bits per heavy atom. The first-order valence-corrected chi connectivity index (χ1v) is 2.67. The lowest BCUT2D eigenvalue weighted by Crippen LogP contribution is -1.88. The van der Waals surface area contributed by atoms with Crippen molar-refractivity contribution in [3.05, 3.63) is 24.5 Å². The van der Waals surface area contributed by atoms with Gasteiger partial charge in [-0.15, -0.1) is 0 Å². The maximum atomic E-state index is 4.79. The highest BCUT2D eigenvalue weighted by molar-refractivity contribution is 5.12. The Kier molecular flexibility index (Phi) is 4.92. The number of hydrogen-bond acceptors (Lipinski definition) is 2. The average Bonchev–Trinajstić information content (AvgIpc) is 1.85. The number of rotatable bonds is 4. The van der Waals surface area contributed by atoms with Crippen LogP contribution in [-0.2, 0) is 9.47 Å². The van der Waals surface area contributed by atoms with Crippen LogP contribution in [-0.4, -0.2) is 20.8 Å². The molecule has 0 aliphatic rings. The molecule has 9 heavy (non-hydrogen) atoms. The summed E-state index contributed by atoms with van der Waals surface area (Å²) in [5.41, 5.74) is 0.902. The Morgan fingerprint density at radius 1 is 1.56 bits per heavy atom. The molecule has 0 saturated carbocycles. The van der Waals surface area contributed by atoms with E-state index in [0.29, 0.717) is 6.61 Å². The smallest absolute Gasteiger partial charge is 0.0828 e. The van der Waals surface area contributed by atoms with Crippen molar-refractivity contribution in [3.63, 3.8) is 0 Å². The predicted molar refractivity (Wildman–Crippen MR) is 37.2 cm³/mol. The lowest BCUT2D eigenvalue weighted by molar-refractivity contribution is 0.228. The van der Waals surface area contributed by atoms with E-state index < -0.39 is 0 Å². The van der Waals surface area contributed by atoms with Gasteiger partial charge >= 0.3 is 0 Å². The molecule has 2 heteroatoms. The van der Waals surface area contributed by atoms with Gasteiger partial charge in [-0.3, -0.25) is 0 Å². The van der Waals surface area contributed by atoms with Gasteiger partial charge in [0.15, 0.2) is 0 Å². The molecule has 0 rings (SSSR count). The van der Waals surface area contributed by atoms with Crippen molar-refractivity contribution >= 4 is 0 Å². The standard InChI is InChI=1S/C7H12O2/c1-7(6-9-3)4-5-8-2/h4-5H,1,6H2,2-3H3/b5-4+. The molecule has 52 valence electrons. The van der Waals surface area contributed by atoms with Crippen LogP contribution in [0.4, 0.5) is 0 Å².